The monoisotopic (exact) mass is 294 g/mol. The number of piperidine rings is 1. The maximum atomic E-state index is 12.5. The van der Waals surface area contributed by atoms with Crippen LogP contribution in [0.3, 0.4) is 0 Å². The minimum absolute atomic E-state index is 0.0939. The van der Waals surface area contributed by atoms with Gasteiger partial charge in [0.1, 0.15) is 5.69 Å². The quantitative estimate of drug-likeness (QED) is 0.818. The molecule has 1 aliphatic heterocycles. The molecule has 1 saturated carbocycles. The van der Waals surface area contributed by atoms with Gasteiger partial charge >= 0.3 is 0 Å². The summed E-state index contributed by atoms with van der Waals surface area (Å²) in [6.07, 6.45) is 5.69. The first-order valence-corrected chi connectivity index (χ1v) is 7.68. The van der Waals surface area contributed by atoms with E-state index in [2.05, 4.69) is 27.5 Å². The summed E-state index contributed by atoms with van der Waals surface area (Å²) in [5.74, 6) is 6.39. The van der Waals surface area contributed by atoms with Crippen LogP contribution in [0.5, 0.6) is 0 Å². The normalized spacial score (nSPS) is 26.0. The van der Waals surface area contributed by atoms with Crippen LogP contribution in [0.4, 0.5) is 0 Å². The summed E-state index contributed by atoms with van der Waals surface area (Å²) in [5.41, 5.74) is 2.26. The summed E-state index contributed by atoms with van der Waals surface area (Å²) in [6, 6.07) is 4.74. The predicted molar refractivity (Wildman–Crippen MR) is 83.5 cm³/mol. The first kappa shape index (κ1) is 13.4. The molecule has 22 heavy (non-hydrogen) atoms. The van der Waals surface area contributed by atoms with Crippen LogP contribution in [-0.4, -0.2) is 33.9 Å². The Balaban J connectivity index is 1.58. The van der Waals surface area contributed by atoms with E-state index in [9.17, 15) is 4.79 Å². The molecule has 5 heteroatoms. The molecule has 2 fully saturated rings. The second-order valence-electron chi connectivity index (χ2n) is 6.08. The summed E-state index contributed by atoms with van der Waals surface area (Å²) < 4.78 is 1.92. The molecule has 1 aliphatic carbocycles. The number of hydrogen-bond acceptors (Lipinski definition) is 3. The number of amides is 1. The highest BCUT2D eigenvalue weighted by Crippen LogP contribution is 2.31. The predicted octanol–water partition coefficient (Wildman–Crippen LogP) is 1.19. The van der Waals surface area contributed by atoms with Gasteiger partial charge in [-0.05, 0) is 43.7 Å². The number of nitrogens with one attached hydrogen (secondary N) is 2. The minimum atomic E-state index is -0.0939. The molecule has 2 N–H and O–H groups in total. The van der Waals surface area contributed by atoms with Crippen molar-refractivity contribution in [3.05, 3.63) is 35.9 Å². The first-order valence-electron chi connectivity index (χ1n) is 7.68. The van der Waals surface area contributed by atoms with Crippen molar-refractivity contribution < 1.29 is 4.79 Å². The number of rotatable bonds is 2. The molecule has 2 aliphatic rings. The van der Waals surface area contributed by atoms with Gasteiger partial charge in [-0.25, -0.2) is 4.98 Å². The fourth-order valence-corrected chi connectivity index (χ4v) is 3.61. The van der Waals surface area contributed by atoms with Crippen LogP contribution in [0.25, 0.3) is 5.52 Å². The van der Waals surface area contributed by atoms with E-state index < -0.39 is 0 Å². The number of fused-ring (bicyclic) bond motifs is 3. The zero-order chi connectivity index (χ0) is 15.1. The highest BCUT2D eigenvalue weighted by atomic mass is 16.2. The fourth-order valence-electron chi connectivity index (χ4n) is 3.61. The second-order valence-corrected chi connectivity index (χ2v) is 6.08. The standard InChI is InChI=1S/C17H18N4O/c1-2-3-13-4-5-14-9-19-16(10-21(13)14)17(22)20-15-7-12-6-11(15)8-18-12/h4-5,9-12,15,18H,6-8H2,1H3,(H,20,22). The Kier molecular flexibility index (Phi) is 3.12. The molecule has 1 saturated heterocycles. The largest absolute Gasteiger partial charge is 0.348 e. The van der Waals surface area contributed by atoms with Crippen LogP contribution in [-0.2, 0) is 0 Å². The van der Waals surface area contributed by atoms with Crippen LogP contribution in [0.15, 0.2) is 24.5 Å². The number of carbonyl (C=O) groups is 1. The van der Waals surface area contributed by atoms with Gasteiger partial charge in [-0.1, -0.05) is 5.92 Å². The lowest BCUT2D eigenvalue weighted by atomic mass is 10.0. The molecule has 2 aromatic heterocycles. The van der Waals surface area contributed by atoms with Gasteiger partial charge in [0.2, 0.25) is 0 Å². The van der Waals surface area contributed by atoms with Crippen LogP contribution in [0, 0.1) is 17.8 Å². The first-order chi connectivity index (χ1) is 10.7. The topological polar surface area (TPSA) is 58.4 Å². The van der Waals surface area contributed by atoms with Gasteiger partial charge in [-0.3, -0.25) is 4.79 Å². The van der Waals surface area contributed by atoms with Gasteiger partial charge in [0.05, 0.1) is 17.4 Å². The Morgan fingerprint density at radius 2 is 2.36 bits per heavy atom. The Labute approximate surface area is 129 Å². The number of hydrogen-bond donors (Lipinski definition) is 2. The highest BCUT2D eigenvalue weighted by Gasteiger charge is 2.40. The lowest BCUT2D eigenvalue weighted by Crippen LogP contribution is -2.44. The summed E-state index contributed by atoms with van der Waals surface area (Å²) in [6.45, 7) is 2.81. The second kappa shape index (κ2) is 5.15. The Bertz CT molecular complexity index is 798. The number of carbonyl (C=O) groups excluding carboxylic acids is 1. The van der Waals surface area contributed by atoms with Gasteiger partial charge in [0, 0.05) is 24.8 Å². The van der Waals surface area contributed by atoms with Crippen molar-refractivity contribution in [3.8, 4) is 11.8 Å². The van der Waals surface area contributed by atoms with E-state index in [1.807, 2.05) is 16.5 Å². The molecule has 2 aromatic rings. The number of aromatic nitrogens is 2. The van der Waals surface area contributed by atoms with Crippen LogP contribution < -0.4 is 10.6 Å². The van der Waals surface area contributed by atoms with Crippen molar-refractivity contribution in [2.45, 2.75) is 31.8 Å². The highest BCUT2D eigenvalue weighted by molar-refractivity contribution is 5.92. The van der Waals surface area contributed by atoms with Gasteiger partial charge < -0.3 is 15.0 Å². The van der Waals surface area contributed by atoms with Crippen molar-refractivity contribution in [1.82, 2.24) is 20.0 Å². The van der Waals surface area contributed by atoms with E-state index in [1.54, 1.807) is 19.3 Å². The molecule has 0 radical (unpaired) electrons. The Hall–Kier alpha value is -2.32. The van der Waals surface area contributed by atoms with Crippen LogP contribution >= 0.6 is 0 Å². The molecule has 0 aromatic carbocycles. The van der Waals surface area contributed by atoms with Crippen molar-refractivity contribution >= 4 is 11.4 Å². The van der Waals surface area contributed by atoms with Crippen molar-refractivity contribution in [2.24, 2.45) is 5.92 Å². The molecule has 0 spiro atoms. The van der Waals surface area contributed by atoms with E-state index in [4.69, 9.17) is 0 Å². The fraction of sp³-hybridized carbons (Fsp3) is 0.412. The van der Waals surface area contributed by atoms with E-state index in [0.717, 1.165) is 24.2 Å². The molecule has 5 nitrogen and oxygen atoms in total. The van der Waals surface area contributed by atoms with Crippen LogP contribution in [0.1, 0.15) is 35.9 Å². The Morgan fingerprint density at radius 3 is 3.09 bits per heavy atom. The van der Waals surface area contributed by atoms with Crippen LogP contribution in [0.2, 0.25) is 0 Å². The summed E-state index contributed by atoms with van der Waals surface area (Å²) in [7, 11) is 0. The Morgan fingerprint density at radius 1 is 1.45 bits per heavy atom. The SMILES string of the molecule is CC#Cc1ccc2cnc(C(=O)NC3CC4CC3CN4)cn12. The third-order valence-corrected chi connectivity index (χ3v) is 4.70. The summed E-state index contributed by atoms with van der Waals surface area (Å²) >= 11 is 0. The minimum Gasteiger partial charge on any atom is -0.348 e. The molecule has 3 unspecified atom stereocenters. The lowest BCUT2D eigenvalue weighted by molar-refractivity contribution is 0.0919. The smallest absolute Gasteiger partial charge is 0.271 e. The molecular formula is C17H18N4O. The molecule has 3 atom stereocenters. The molecular weight excluding hydrogens is 276 g/mol. The van der Waals surface area contributed by atoms with E-state index >= 15 is 0 Å². The van der Waals surface area contributed by atoms with Crippen molar-refractivity contribution in [3.63, 3.8) is 0 Å². The lowest BCUT2D eigenvalue weighted by Gasteiger charge is -2.23. The molecule has 1 amide bonds. The van der Waals surface area contributed by atoms with E-state index in [-0.39, 0.29) is 11.9 Å². The number of nitrogens with zero attached hydrogens (tertiary/aromatic N) is 2. The molecule has 4 rings (SSSR count). The van der Waals surface area contributed by atoms with Gasteiger partial charge in [0.25, 0.3) is 5.91 Å². The zero-order valence-corrected chi connectivity index (χ0v) is 12.5. The third kappa shape index (κ3) is 2.16. The average molecular weight is 294 g/mol. The van der Waals surface area contributed by atoms with Gasteiger partial charge in [-0.15, -0.1) is 0 Å². The average Bonchev–Trinajstić information content (AvgIpc) is 3.23. The molecule has 3 heterocycles. The summed E-state index contributed by atoms with van der Waals surface area (Å²) in [4.78, 5) is 16.8. The maximum Gasteiger partial charge on any atom is 0.271 e. The summed E-state index contributed by atoms with van der Waals surface area (Å²) in [5, 5.41) is 6.60. The van der Waals surface area contributed by atoms with Crippen molar-refractivity contribution in [1.29, 1.82) is 0 Å². The van der Waals surface area contributed by atoms with E-state index in [0.29, 0.717) is 17.7 Å². The van der Waals surface area contributed by atoms with Gasteiger partial charge in [-0.2, -0.15) is 0 Å². The van der Waals surface area contributed by atoms with E-state index in [1.165, 1.54) is 6.42 Å². The van der Waals surface area contributed by atoms with Crippen molar-refractivity contribution in [2.75, 3.05) is 6.54 Å². The van der Waals surface area contributed by atoms with Gasteiger partial charge in [0.15, 0.2) is 0 Å². The zero-order valence-electron chi connectivity index (χ0n) is 12.5. The maximum absolute atomic E-state index is 12.5. The third-order valence-electron chi connectivity index (χ3n) is 4.70. The molecule has 2 bridgehead atoms. The molecule has 112 valence electrons.